The van der Waals surface area contributed by atoms with Crippen molar-refractivity contribution in [1.29, 1.82) is 0 Å². The summed E-state index contributed by atoms with van der Waals surface area (Å²) in [6.07, 6.45) is 3.70. The number of nitrogens with zero attached hydrogens (tertiary/aromatic N) is 1. The fourth-order valence-electron chi connectivity index (χ4n) is 2.62. The highest BCUT2D eigenvalue weighted by Crippen LogP contribution is 2.29. The maximum Gasteiger partial charge on any atom is 0.124 e. The Morgan fingerprint density at radius 1 is 1.42 bits per heavy atom. The number of likely N-dealkylation sites (tertiary alicyclic amines) is 1. The number of benzene rings is 1. The second kappa shape index (κ2) is 7.95. The summed E-state index contributed by atoms with van der Waals surface area (Å²) in [5.74, 6) is 0.865. The SMILES string of the molecule is COc1cccc(Cl)c1CN1CCCCC1CN.Cl. The van der Waals surface area contributed by atoms with Gasteiger partial charge in [0, 0.05) is 29.7 Å². The second-order valence-corrected chi connectivity index (χ2v) is 5.18. The van der Waals surface area contributed by atoms with E-state index in [-0.39, 0.29) is 12.4 Å². The van der Waals surface area contributed by atoms with Crippen LogP contribution in [0.5, 0.6) is 5.75 Å². The number of rotatable bonds is 4. The van der Waals surface area contributed by atoms with Crippen LogP contribution in [0.25, 0.3) is 0 Å². The molecule has 19 heavy (non-hydrogen) atoms. The van der Waals surface area contributed by atoms with Crippen LogP contribution in [-0.2, 0) is 6.54 Å². The van der Waals surface area contributed by atoms with Gasteiger partial charge in [0.1, 0.15) is 5.75 Å². The van der Waals surface area contributed by atoms with E-state index in [4.69, 9.17) is 22.1 Å². The fourth-order valence-corrected chi connectivity index (χ4v) is 2.85. The lowest BCUT2D eigenvalue weighted by atomic mass is 10.0. The summed E-state index contributed by atoms with van der Waals surface area (Å²) in [5, 5.41) is 0.774. The lowest BCUT2D eigenvalue weighted by Gasteiger charge is -2.35. The van der Waals surface area contributed by atoms with Crippen LogP contribution in [0.4, 0.5) is 0 Å². The molecular weight excluding hydrogens is 283 g/mol. The van der Waals surface area contributed by atoms with E-state index in [9.17, 15) is 0 Å². The summed E-state index contributed by atoms with van der Waals surface area (Å²) in [6.45, 7) is 2.63. The molecule has 1 atom stereocenters. The summed E-state index contributed by atoms with van der Waals surface area (Å²) in [6, 6.07) is 6.27. The average molecular weight is 305 g/mol. The van der Waals surface area contributed by atoms with E-state index in [1.807, 2.05) is 18.2 Å². The van der Waals surface area contributed by atoms with E-state index >= 15 is 0 Å². The third-order valence-corrected chi connectivity index (χ3v) is 4.03. The molecule has 0 spiro atoms. The molecule has 0 radical (unpaired) electrons. The molecule has 0 amide bonds. The molecule has 1 saturated heterocycles. The van der Waals surface area contributed by atoms with E-state index in [0.29, 0.717) is 12.6 Å². The number of nitrogens with two attached hydrogens (primary N) is 1. The molecule has 0 aliphatic carbocycles. The quantitative estimate of drug-likeness (QED) is 0.929. The first-order valence-electron chi connectivity index (χ1n) is 6.51. The number of piperidine rings is 1. The van der Waals surface area contributed by atoms with Gasteiger partial charge in [-0.2, -0.15) is 0 Å². The molecule has 0 bridgehead atoms. The summed E-state index contributed by atoms with van der Waals surface area (Å²) in [7, 11) is 1.69. The van der Waals surface area contributed by atoms with Crippen molar-refractivity contribution in [3.63, 3.8) is 0 Å². The van der Waals surface area contributed by atoms with Crippen LogP contribution >= 0.6 is 24.0 Å². The van der Waals surface area contributed by atoms with Crippen LogP contribution in [0.2, 0.25) is 5.02 Å². The highest BCUT2D eigenvalue weighted by molar-refractivity contribution is 6.31. The molecule has 5 heteroatoms. The van der Waals surface area contributed by atoms with Crippen LogP contribution in [0.3, 0.4) is 0 Å². The first kappa shape index (κ1) is 16.6. The Hall–Kier alpha value is -0.480. The molecule has 1 aromatic rings. The van der Waals surface area contributed by atoms with Crippen molar-refractivity contribution >= 4 is 24.0 Å². The van der Waals surface area contributed by atoms with Crippen molar-refractivity contribution in [3.05, 3.63) is 28.8 Å². The number of hydrogen-bond acceptors (Lipinski definition) is 3. The highest BCUT2D eigenvalue weighted by Gasteiger charge is 2.22. The number of hydrogen-bond donors (Lipinski definition) is 1. The standard InChI is InChI=1S/C14H21ClN2O.ClH/c1-18-14-7-4-6-13(15)12(14)10-17-8-3-2-5-11(17)9-16;/h4,6-7,11H,2-3,5,8-10,16H2,1H3;1H. The molecular formula is C14H22Cl2N2O. The Bertz CT molecular complexity index is 401. The molecule has 3 nitrogen and oxygen atoms in total. The minimum Gasteiger partial charge on any atom is -0.496 e. The zero-order chi connectivity index (χ0) is 13.0. The molecule has 1 aliphatic rings. The highest BCUT2D eigenvalue weighted by atomic mass is 35.5. The minimum atomic E-state index is 0. The van der Waals surface area contributed by atoms with Crippen molar-refractivity contribution in [1.82, 2.24) is 4.90 Å². The van der Waals surface area contributed by atoms with E-state index in [0.717, 1.165) is 29.4 Å². The Morgan fingerprint density at radius 3 is 2.89 bits per heavy atom. The fraction of sp³-hybridized carbons (Fsp3) is 0.571. The van der Waals surface area contributed by atoms with Gasteiger partial charge in [-0.15, -0.1) is 12.4 Å². The van der Waals surface area contributed by atoms with Gasteiger partial charge in [0.25, 0.3) is 0 Å². The van der Waals surface area contributed by atoms with E-state index in [1.165, 1.54) is 19.3 Å². The molecule has 1 heterocycles. The molecule has 108 valence electrons. The second-order valence-electron chi connectivity index (χ2n) is 4.78. The van der Waals surface area contributed by atoms with Crippen LogP contribution < -0.4 is 10.5 Å². The monoisotopic (exact) mass is 304 g/mol. The van der Waals surface area contributed by atoms with E-state index < -0.39 is 0 Å². The zero-order valence-electron chi connectivity index (χ0n) is 11.3. The predicted octanol–water partition coefficient (Wildman–Crippen LogP) is 3.08. The lowest BCUT2D eigenvalue weighted by molar-refractivity contribution is 0.143. The first-order valence-corrected chi connectivity index (χ1v) is 6.89. The Kier molecular flexibility index (Phi) is 6.94. The summed E-state index contributed by atoms with van der Waals surface area (Å²) in [5.41, 5.74) is 6.92. The number of methoxy groups -OCH3 is 1. The topological polar surface area (TPSA) is 38.5 Å². The molecule has 2 rings (SSSR count). The van der Waals surface area contributed by atoms with Crippen LogP contribution in [-0.4, -0.2) is 31.1 Å². The lowest BCUT2D eigenvalue weighted by Crippen LogP contribution is -2.43. The molecule has 1 fully saturated rings. The first-order chi connectivity index (χ1) is 8.76. The smallest absolute Gasteiger partial charge is 0.124 e. The Morgan fingerprint density at radius 2 is 2.21 bits per heavy atom. The number of halogens is 2. The van der Waals surface area contributed by atoms with Gasteiger partial charge in [0.2, 0.25) is 0 Å². The van der Waals surface area contributed by atoms with Gasteiger partial charge in [0.15, 0.2) is 0 Å². The minimum absolute atomic E-state index is 0. The molecule has 1 aliphatic heterocycles. The Labute approximate surface area is 126 Å². The molecule has 2 N–H and O–H groups in total. The van der Waals surface area contributed by atoms with Gasteiger partial charge >= 0.3 is 0 Å². The summed E-state index contributed by atoms with van der Waals surface area (Å²) < 4.78 is 5.39. The molecule has 1 aromatic carbocycles. The van der Waals surface area contributed by atoms with E-state index in [1.54, 1.807) is 7.11 Å². The van der Waals surface area contributed by atoms with Gasteiger partial charge in [-0.05, 0) is 31.5 Å². The molecule has 1 unspecified atom stereocenters. The summed E-state index contributed by atoms with van der Waals surface area (Å²) >= 11 is 6.28. The largest absolute Gasteiger partial charge is 0.496 e. The molecule has 0 saturated carbocycles. The van der Waals surface area contributed by atoms with Crippen molar-refractivity contribution in [3.8, 4) is 5.75 Å². The Balaban J connectivity index is 0.00000180. The van der Waals surface area contributed by atoms with Crippen LogP contribution in [0.15, 0.2) is 18.2 Å². The van der Waals surface area contributed by atoms with Gasteiger partial charge in [-0.1, -0.05) is 24.1 Å². The van der Waals surface area contributed by atoms with E-state index in [2.05, 4.69) is 4.90 Å². The van der Waals surface area contributed by atoms with Crippen molar-refractivity contribution < 1.29 is 4.74 Å². The van der Waals surface area contributed by atoms with Gasteiger partial charge in [0.05, 0.1) is 7.11 Å². The molecule has 0 aromatic heterocycles. The van der Waals surface area contributed by atoms with Gasteiger partial charge in [-0.3, -0.25) is 4.90 Å². The maximum atomic E-state index is 6.28. The van der Waals surface area contributed by atoms with Gasteiger partial charge < -0.3 is 10.5 Å². The normalized spacial score (nSPS) is 19.8. The average Bonchev–Trinajstić information content (AvgIpc) is 2.41. The van der Waals surface area contributed by atoms with Crippen LogP contribution in [0.1, 0.15) is 24.8 Å². The van der Waals surface area contributed by atoms with Crippen molar-refractivity contribution in [2.45, 2.75) is 31.8 Å². The third-order valence-electron chi connectivity index (χ3n) is 3.68. The van der Waals surface area contributed by atoms with Crippen molar-refractivity contribution in [2.75, 3.05) is 20.2 Å². The zero-order valence-corrected chi connectivity index (χ0v) is 12.8. The summed E-state index contributed by atoms with van der Waals surface area (Å²) in [4.78, 5) is 2.42. The third kappa shape index (κ3) is 3.99. The van der Waals surface area contributed by atoms with Gasteiger partial charge in [-0.25, -0.2) is 0 Å². The maximum absolute atomic E-state index is 6.28. The number of ether oxygens (including phenoxy) is 1. The predicted molar refractivity (Wildman–Crippen MR) is 82.4 cm³/mol. The van der Waals surface area contributed by atoms with Crippen molar-refractivity contribution in [2.24, 2.45) is 5.73 Å². The van der Waals surface area contributed by atoms with Crippen LogP contribution in [0, 0.1) is 0 Å².